The number of aliphatic carboxylic acids is 6. The molecule has 6 aliphatic rings. The summed E-state index contributed by atoms with van der Waals surface area (Å²) in [4.78, 5) is 186. The average Bonchev–Trinajstić information content (AvgIpc) is 1.52. The third kappa shape index (κ3) is 19.2. The largest absolute Gasteiger partial charge is 0.481 e. The summed E-state index contributed by atoms with van der Waals surface area (Å²) >= 11 is 0.797. The number of phosphoric ester groups is 3. The van der Waals surface area contributed by atoms with Gasteiger partial charge >= 0.3 is 59.3 Å². The summed E-state index contributed by atoms with van der Waals surface area (Å²) in [6.07, 6.45) is -9.90. The number of aromatic nitrogens is 4. The van der Waals surface area contributed by atoms with Gasteiger partial charge in [-0.1, -0.05) is 60.2 Å². The lowest BCUT2D eigenvalue weighted by molar-refractivity contribution is -0.143. The number of imidazole rings is 1. The highest BCUT2D eigenvalue weighted by Crippen LogP contribution is 2.64. The number of carbonyl (C=O) groups excluding carboxylic acids is 3. The third-order valence-corrected chi connectivity index (χ3v) is 26.0. The van der Waals surface area contributed by atoms with Crippen LogP contribution in [0.4, 0.5) is 5.82 Å². The molecule has 0 aromatic carbocycles. The molecule has 40 nitrogen and oxygen atoms in total. The van der Waals surface area contributed by atoms with E-state index in [2.05, 4.69) is 35.2 Å². The van der Waals surface area contributed by atoms with Crippen LogP contribution >= 0.6 is 35.2 Å². The molecule has 16 atom stereocenters. The van der Waals surface area contributed by atoms with Gasteiger partial charge in [-0.15, -0.1) is 0 Å². The van der Waals surface area contributed by atoms with Crippen LogP contribution in [0.3, 0.4) is 0 Å². The molecule has 2 aromatic rings. The fraction of sp³-hybridized carbons (Fsp3) is 0.652. The number of nitrogens with two attached hydrogens (primary N) is 1. The quantitative estimate of drug-likeness (QED) is 0.0327. The highest BCUT2D eigenvalue weighted by molar-refractivity contribution is 8.13. The number of aliphatic hydroxyl groups is 2. The van der Waals surface area contributed by atoms with Crippen molar-refractivity contribution in [3.05, 3.63) is 47.0 Å². The molecule has 0 aliphatic carbocycles. The van der Waals surface area contributed by atoms with E-state index in [-0.39, 0.29) is 79.2 Å². The number of nitrogens with zero attached hydrogens (tertiary/aromatic N) is 7. The van der Waals surface area contributed by atoms with Crippen LogP contribution in [0.25, 0.3) is 11.2 Å². The average molecular weight is 1630 g/mol. The standard InChI is InChI=1S/C66H94N11O29P3S/c1-31-48-34(12-15-42(81)82)62(5,6)39(74-48)24-37-33(11-14-41(79)80)64(8,54(73-37)32(2)49-35(13-16-43(83)84)65(9,25-46(89)90)66(10,76-49)55-36(23-45(87)88)63(7,53(31)75-55)19-17-44(85)86)26-47(91)110-22-21-68-40(78)18-20-69-59(94)56(93)61(3,4)28-103-109(100,101)106-108(98,99)102-27-38-52(105-107(95,96)97)51(92)60(104-38)77-30-72-50-57(67)70-29-71-58(50)77/h24,29-30,33-36,38,51-52,55-56,60,73,92-93H,11-23,25-28H2,1-10H3,(H,68,78)(H,69,94)(H,79,80)(H,81,82)(H,83,84)(H,85,86)(H,87,88)(H,89,90)(H,98,99)(H,100,101)(H2,67,70,71)(H2,95,96,97)/b37-24?,48-31-,54-32+. The Kier molecular flexibility index (Phi) is 26.9. The lowest BCUT2D eigenvalue weighted by Gasteiger charge is -2.48. The molecule has 17 N–H and O–H groups in total. The monoisotopic (exact) mass is 1630 g/mol. The first-order valence-electron chi connectivity index (χ1n) is 34.9. The van der Waals surface area contributed by atoms with Gasteiger partial charge in [-0.25, -0.2) is 28.6 Å². The van der Waals surface area contributed by atoms with Crippen LogP contribution in [-0.2, 0) is 79.5 Å². The first-order chi connectivity index (χ1) is 50.8. The smallest absolute Gasteiger partial charge is 0.481 e. The number of carboxylic acids is 6. The SMILES string of the molecule is C/C1=C2/N=C(C=C3N/C(=C(\C)C4=NC(C)(C5N=C1C(C)(CCC(=O)O)C5CC(=O)O)C(C)(CC(=O)O)C4CCC(=O)O)C(C)(CC(=O)SCCNC(=O)CCNC(=O)C(O)C(C)(C)COP(=O)(O)OP(=O)(O)OCC1OC(n4cnc5c(N)ncnc54)C(O)C1OP(=O)(O)O)C3CCC(=O)O)C(C)(C)C2CCC(=O)O. The maximum absolute atomic E-state index is 14.7. The predicted molar refractivity (Wildman–Crippen MR) is 387 cm³/mol. The van der Waals surface area contributed by atoms with Crippen molar-refractivity contribution in [3.63, 3.8) is 0 Å². The van der Waals surface area contributed by atoms with Crippen LogP contribution in [0.15, 0.2) is 61.9 Å². The number of ether oxygens (including phenoxy) is 1. The van der Waals surface area contributed by atoms with Gasteiger partial charge in [-0.2, -0.15) is 4.31 Å². The molecular weight excluding hydrogens is 1540 g/mol. The Balaban J connectivity index is 0.981. The van der Waals surface area contributed by atoms with Crippen LogP contribution in [0.2, 0.25) is 0 Å². The first kappa shape index (κ1) is 88.0. The number of allylic oxidation sites excluding steroid dienone is 6. The van der Waals surface area contributed by atoms with Gasteiger partial charge in [0.1, 0.15) is 36.3 Å². The summed E-state index contributed by atoms with van der Waals surface area (Å²) in [6.45, 7) is 13.3. The van der Waals surface area contributed by atoms with Gasteiger partial charge in [-0.05, 0) is 63.7 Å². The van der Waals surface area contributed by atoms with E-state index < -0.39 is 227 Å². The molecule has 44 heteroatoms. The lowest BCUT2D eigenvalue weighted by Crippen LogP contribution is -2.55. The summed E-state index contributed by atoms with van der Waals surface area (Å²) in [5.41, 5.74) is -0.627. The first-order valence-corrected chi connectivity index (χ1v) is 40.4. The second-order valence-electron chi connectivity index (χ2n) is 30.4. The number of anilines is 1. The van der Waals surface area contributed by atoms with Crippen molar-refractivity contribution < 1.29 is 140 Å². The van der Waals surface area contributed by atoms with Crippen LogP contribution in [-0.4, -0.2) is 218 Å². The Labute approximate surface area is 633 Å². The number of hydrogen-bond acceptors (Lipinski definition) is 28. The molecule has 0 radical (unpaired) electrons. The number of nitrogen functional groups attached to an aromatic ring is 1. The number of nitrogens with one attached hydrogen (secondary N) is 3. The minimum Gasteiger partial charge on any atom is -0.481 e. The zero-order valence-corrected chi connectivity index (χ0v) is 65.3. The van der Waals surface area contributed by atoms with E-state index in [1.807, 2.05) is 13.8 Å². The van der Waals surface area contributed by atoms with Crippen LogP contribution in [0, 0.1) is 50.7 Å². The molecule has 110 heavy (non-hydrogen) atoms. The number of rotatable bonds is 37. The molecule has 8 bridgehead atoms. The van der Waals surface area contributed by atoms with Crippen molar-refractivity contribution in [1.82, 2.24) is 35.5 Å². The highest BCUT2D eigenvalue weighted by atomic mass is 32.2. The molecule has 608 valence electrons. The highest BCUT2D eigenvalue weighted by Gasteiger charge is 2.67. The number of hydrogen-bond donors (Lipinski definition) is 16. The van der Waals surface area contributed by atoms with E-state index >= 15 is 0 Å². The minimum absolute atomic E-state index is 0.00694. The summed E-state index contributed by atoms with van der Waals surface area (Å²) in [7, 11) is -16.8. The Hall–Kier alpha value is -7.59. The Morgan fingerprint density at radius 2 is 1.36 bits per heavy atom. The molecule has 8 heterocycles. The van der Waals surface area contributed by atoms with E-state index in [0.29, 0.717) is 33.9 Å². The lowest BCUT2D eigenvalue weighted by atomic mass is 9.55. The number of aliphatic imine (C=N–C) groups is 3. The minimum atomic E-state index is -5.72. The van der Waals surface area contributed by atoms with Crippen LogP contribution in [0.1, 0.15) is 153 Å². The maximum atomic E-state index is 14.7. The van der Waals surface area contributed by atoms with Crippen molar-refractivity contribution in [2.45, 2.75) is 189 Å². The van der Waals surface area contributed by atoms with Crippen molar-refractivity contribution in [2.24, 2.45) is 65.7 Å². The fourth-order valence-electron chi connectivity index (χ4n) is 16.1. The number of aliphatic hydroxyl groups excluding tert-OH is 2. The number of carbonyl (C=O) groups is 9. The van der Waals surface area contributed by atoms with Gasteiger partial charge in [0.25, 0.3) is 0 Å². The predicted octanol–water partition coefficient (Wildman–Crippen LogP) is 4.51. The normalized spacial score (nSPS) is 30.5. The number of phosphoric acid groups is 3. The second kappa shape index (κ2) is 33.6. The molecule has 16 unspecified atom stereocenters. The molecule has 2 fully saturated rings. The molecule has 0 spiro atoms. The molecule has 2 aromatic heterocycles. The van der Waals surface area contributed by atoms with Crippen LogP contribution in [0.5, 0.6) is 0 Å². The second-order valence-corrected chi connectivity index (χ2v) is 35.8. The summed E-state index contributed by atoms with van der Waals surface area (Å²) in [5, 5.41) is 92.9. The summed E-state index contributed by atoms with van der Waals surface area (Å²) < 4.78 is 63.4. The van der Waals surface area contributed by atoms with Gasteiger partial charge in [0, 0.05) is 142 Å². The molecule has 0 saturated carbocycles. The van der Waals surface area contributed by atoms with Crippen molar-refractivity contribution >= 4 is 122 Å². The summed E-state index contributed by atoms with van der Waals surface area (Å²) in [6, 6.07) is -1.26. The number of amides is 2. The van der Waals surface area contributed by atoms with Gasteiger partial charge in [0.2, 0.25) is 11.8 Å². The maximum Gasteiger partial charge on any atom is 0.481 e. The molecule has 2 saturated heterocycles. The van der Waals surface area contributed by atoms with E-state index in [9.17, 15) is 117 Å². The van der Waals surface area contributed by atoms with Crippen molar-refractivity contribution in [1.29, 1.82) is 0 Å². The van der Waals surface area contributed by atoms with Crippen molar-refractivity contribution in [2.75, 3.05) is 37.8 Å². The van der Waals surface area contributed by atoms with Crippen LogP contribution < -0.4 is 21.7 Å². The molecule has 6 aliphatic heterocycles. The number of carboxylic acid groups (broad SMARTS) is 6. The van der Waals surface area contributed by atoms with Crippen molar-refractivity contribution in [3.8, 4) is 0 Å². The van der Waals surface area contributed by atoms with Gasteiger partial charge in [0.05, 0.1) is 44.0 Å². The topological polar surface area (TPSA) is 637 Å². The Bertz CT molecular complexity index is 4370. The van der Waals surface area contributed by atoms with E-state index in [0.717, 1.165) is 29.0 Å². The van der Waals surface area contributed by atoms with Gasteiger partial charge in [0.15, 0.2) is 22.8 Å². The van der Waals surface area contributed by atoms with E-state index in [4.69, 9.17) is 39.0 Å². The third-order valence-electron chi connectivity index (χ3n) is 22.1. The molecule has 8 rings (SSSR count). The summed E-state index contributed by atoms with van der Waals surface area (Å²) in [5.74, 6) is -13.1. The zero-order valence-electron chi connectivity index (χ0n) is 61.8. The van der Waals surface area contributed by atoms with E-state index in [1.54, 1.807) is 47.6 Å². The number of fused-ring (bicyclic) bond motifs is 7. The van der Waals surface area contributed by atoms with Gasteiger partial charge in [-0.3, -0.25) is 76.3 Å². The van der Waals surface area contributed by atoms with Gasteiger partial charge < -0.3 is 86.8 Å². The van der Waals surface area contributed by atoms with E-state index in [1.165, 1.54) is 13.8 Å². The molecule has 2 amide bonds. The Morgan fingerprint density at radius 3 is 1.96 bits per heavy atom. The molecular formula is C66H94N11O29P3S. The fourth-order valence-corrected chi connectivity index (χ4v) is 19.7. The number of thioether (sulfide) groups is 1. The Morgan fingerprint density at radius 1 is 0.755 bits per heavy atom. The zero-order chi connectivity index (χ0) is 82.1.